The third kappa shape index (κ3) is 3.41. The van der Waals surface area contributed by atoms with Gasteiger partial charge in [0, 0.05) is 6.04 Å². The number of aryl methyl sites for hydroxylation is 1. The van der Waals surface area contributed by atoms with Crippen molar-refractivity contribution in [2.45, 2.75) is 42.9 Å². The van der Waals surface area contributed by atoms with Crippen LogP contribution >= 0.6 is 39.5 Å². The summed E-state index contributed by atoms with van der Waals surface area (Å²) in [4.78, 5) is 0.216. The van der Waals surface area contributed by atoms with Crippen LogP contribution in [0.4, 0.5) is 0 Å². The van der Waals surface area contributed by atoms with Crippen molar-refractivity contribution in [3.63, 3.8) is 0 Å². The minimum atomic E-state index is -3.53. The number of thiocarbonyl (C=S) groups is 1. The van der Waals surface area contributed by atoms with Crippen LogP contribution in [0, 0.1) is 6.92 Å². The number of sulfonamides is 1. The Hall–Kier alpha value is -0.0200. The molecule has 0 aliphatic heterocycles. The molecule has 0 saturated heterocycles. The summed E-state index contributed by atoms with van der Waals surface area (Å²) in [6, 6.07) is 1.72. The minimum absolute atomic E-state index is 0.0164. The van der Waals surface area contributed by atoms with E-state index in [1.807, 2.05) is 6.92 Å². The summed E-state index contributed by atoms with van der Waals surface area (Å²) in [6.45, 7) is 2.00. The minimum Gasteiger partial charge on any atom is -0.392 e. The SMILES string of the molecule is Cc1cc(S(=O)(=O)N(CC(N)=S)C2CCCC2)sc1Br. The first kappa shape index (κ1) is 16.4. The topological polar surface area (TPSA) is 63.4 Å². The van der Waals surface area contributed by atoms with E-state index in [-0.39, 0.29) is 17.6 Å². The third-order valence-corrected chi connectivity index (χ3v) is 8.05. The predicted molar refractivity (Wildman–Crippen MR) is 89.7 cm³/mol. The molecule has 0 amide bonds. The summed E-state index contributed by atoms with van der Waals surface area (Å²) in [6.07, 6.45) is 3.88. The van der Waals surface area contributed by atoms with E-state index >= 15 is 0 Å². The van der Waals surface area contributed by atoms with Crippen LogP contribution in [0.2, 0.25) is 0 Å². The van der Waals surface area contributed by atoms with Gasteiger partial charge in [-0.1, -0.05) is 25.1 Å². The maximum atomic E-state index is 12.8. The van der Waals surface area contributed by atoms with Gasteiger partial charge in [-0.25, -0.2) is 8.42 Å². The van der Waals surface area contributed by atoms with Crippen molar-refractivity contribution < 1.29 is 8.42 Å². The average molecular weight is 397 g/mol. The Labute approximate surface area is 137 Å². The lowest BCUT2D eigenvalue weighted by molar-refractivity contribution is 0.356. The Balaban J connectivity index is 2.37. The van der Waals surface area contributed by atoms with E-state index in [2.05, 4.69) is 15.9 Å². The van der Waals surface area contributed by atoms with Gasteiger partial charge in [-0.3, -0.25) is 0 Å². The van der Waals surface area contributed by atoms with Gasteiger partial charge in [0.25, 0.3) is 10.0 Å². The smallest absolute Gasteiger partial charge is 0.253 e. The highest BCUT2D eigenvalue weighted by Crippen LogP contribution is 2.35. The molecular formula is C12H17BrN2O2S3. The second-order valence-electron chi connectivity index (χ2n) is 4.98. The highest BCUT2D eigenvalue weighted by molar-refractivity contribution is 9.11. The van der Waals surface area contributed by atoms with E-state index in [1.54, 1.807) is 6.07 Å². The molecule has 0 bridgehead atoms. The Kier molecular flexibility index (Phi) is 5.23. The van der Waals surface area contributed by atoms with Crippen molar-refractivity contribution in [3.8, 4) is 0 Å². The standard InChI is InChI=1S/C12H17BrN2O2S3/c1-8-6-11(19-12(8)13)20(16,17)15(7-10(14)18)9-4-2-3-5-9/h6,9H,2-5,7H2,1H3,(H2,14,18). The largest absolute Gasteiger partial charge is 0.392 e. The Bertz CT molecular complexity index is 587. The van der Waals surface area contributed by atoms with Crippen LogP contribution < -0.4 is 5.73 Å². The molecule has 1 heterocycles. The average Bonchev–Trinajstić information content (AvgIpc) is 2.97. The normalized spacial score (nSPS) is 16.9. The molecule has 0 unspecified atom stereocenters. The van der Waals surface area contributed by atoms with Gasteiger partial charge in [0.05, 0.1) is 15.3 Å². The van der Waals surface area contributed by atoms with Gasteiger partial charge in [0.1, 0.15) is 4.21 Å². The molecule has 2 N–H and O–H groups in total. The van der Waals surface area contributed by atoms with Crippen molar-refractivity contribution in [2.24, 2.45) is 5.73 Å². The van der Waals surface area contributed by atoms with Crippen LogP contribution in [0.15, 0.2) is 14.1 Å². The summed E-state index contributed by atoms with van der Waals surface area (Å²) in [7, 11) is -3.53. The van der Waals surface area contributed by atoms with Crippen LogP contribution in [-0.4, -0.2) is 30.3 Å². The van der Waals surface area contributed by atoms with Crippen molar-refractivity contribution in [1.29, 1.82) is 0 Å². The monoisotopic (exact) mass is 396 g/mol. The molecule has 1 aromatic heterocycles. The maximum Gasteiger partial charge on any atom is 0.253 e. The molecule has 0 radical (unpaired) electrons. The molecule has 1 aromatic rings. The molecule has 1 saturated carbocycles. The molecule has 1 fully saturated rings. The number of thiophene rings is 1. The first-order valence-corrected chi connectivity index (χ1v) is 9.84. The molecule has 0 aromatic carbocycles. The number of hydrogen-bond acceptors (Lipinski definition) is 4. The summed E-state index contributed by atoms with van der Waals surface area (Å²) < 4.78 is 28.3. The number of nitrogens with zero attached hydrogens (tertiary/aromatic N) is 1. The van der Waals surface area contributed by atoms with Crippen molar-refractivity contribution >= 4 is 54.5 Å². The fourth-order valence-electron chi connectivity index (χ4n) is 2.43. The molecular weight excluding hydrogens is 380 g/mol. The van der Waals surface area contributed by atoms with Crippen LogP contribution in [0.5, 0.6) is 0 Å². The highest BCUT2D eigenvalue weighted by atomic mass is 79.9. The first-order chi connectivity index (χ1) is 9.32. The van der Waals surface area contributed by atoms with E-state index in [1.165, 1.54) is 15.6 Å². The summed E-state index contributed by atoms with van der Waals surface area (Å²) in [5.41, 5.74) is 6.52. The molecule has 0 spiro atoms. The fourth-order valence-corrected chi connectivity index (χ4v) is 6.67. The quantitative estimate of drug-likeness (QED) is 0.776. The molecule has 0 atom stereocenters. The van der Waals surface area contributed by atoms with E-state index in [9.17, 15) is 8.42 Å². The highest BCUT2D eigenvalue weighted by Gasteiger charge is 2.34. The zero-order valence-corrected chi connectivity index (χ0v) is 15.2. The maximum absolute atomic E-state index is 12.8. The zero-order valence-electron chi connectivity index (χ0n) is 11.1. The molecule has 8 heteroatoms. The molecule has 1 aliphatic rings. The van der Waals surface area contributed by atoms with Crippen LogP contribution in [0.3, 0.4) is 0 Å². The summed E-state index contributed by atoms with van der Waals surface area (Å²) in [5, 5.41) is 0. The van der Waals surface area contributed by atoms with Gasteiger partial charge in [-0.15, -0.1) is 11.3 Å². The summed E-state index contributed by atoms with van der Waals surface area (Å²) >= 11 is 9.54. The lowest BCUT2D eigenvalue weighted by atomic mass is 10.2. The van der Waals surface area contributed by atoms with Crippen LogP contribution in [0.25, 0.3) is 0 Å². The molecule has 2 rings (SSSR count). The van der Waals surface area contributed by atoms with E-state index in [0.29, 0.717) is 4.21 Å². The third-order valence-electron chi connectivity index (χ3n) is 3.44. The molecule has 112 valence electrons. The Morgan fingerprint density at radius 2 is 2.15 bits per heavy atom. The van der Waals surface area contributed by atoms with Gasteiger partial charge in [-0.2, -0.15) is 4.31 Å². The van der Waals surface area contributed by atoms with Gasteiger partial charge in [0.2, 0.25) is 0 Å². The second kappa shape index (κ2) is 6.39. The van der Waals surface area contributed by atoms with Gasteiger partial charge < -0.3 is 5.73 Å². The summed E-state index contributed by atoms with van der Waals surface area (Å²) in [5.74, 6) is 0. The lowest BCUT2D eigenvalue weighted by Crippen LogP contribution is -2.43. The molecule has 4 nitrogen and oxygen atoms in total. The predicted octanol–water partition coefficient (Wildman–Crippen LogP) is 3.04. The number of hydrogen-bond donors (Lipinski definition) is 1. The van der Waals surface area contributed by atoms with Gasteiger partial charge in [0.15, 0.2) is 0 Å². The first-order valence-electron chi connectivity index (χ1n) is 6.38. The van der Waals surface area contributed by atoms with E-state index in [4.69, 9.17) is 18.0 Å². The van der Waals surface area contributed by atoms with Crippen molar-refractivity contribution in [1.82, 2.24) is 4.31 Å². The van der Waals surface area contributed by atoms with Crippen LogP contribution in [-0.2, 0) is 10.0 Å². The molecule has 20 heavy (non-hydrogen) atoms. The second-order valence-corrected chi connectivity index (χ2v) is 9.99. The Morgan fingerprint density at radius 3 is 2.60 bits per heavy atom. The number of halogens is 1. The Morgan fingerprint density at radius 1 is 1.55 bits per heavy atom. The van der Waals surface area contributed by atoms with Gasteiger partial charge >= 0.3 is 0 Å². The number of rotatable bonds is 5. The zero-order chi connectivity index (χ0) is 14.9. The number of nitrogens with two attached hydrogens (primary N) is 1. The lowest BCUT2D eigenvalue weighted by Gasteiger charge is -2.26. The van der Waals surface area contributed by atoms with E-state index < -0.39 is 10.0 Å². The fraction of sp³-hybridized carbons (Fsp3) is 0.583. The molecule has 1 aliphatic carbocycles. The van der Waals surface area contributed by atoms with Crippen LogP contribution in [0.1, 0.15) is 31.2 Å². The van der Waals surface area contributed by atoms with Crippen molar-refractivity contribution in [3.05, 3.63) is 15.4 Å². The van der Waals surface area contributed by atoms with E-state index in [0.717, 1.165) is 35.0 Å². The van der Waals surface area contributed by atoms with Crippen molar-refractivity contribution in [2.75, 3.05) is 6.54 Å². The van der Waals surface area contributed by atoms with Gasteiger partial charge in [-0.05, 0) is 47.3 Å².